The molecule has 0 aliphatic carbocycles. The normalized spacial score (nSPS) is 10.1. The van der Waals surface area contributed by atoms with E-state index < -0.39 is 0 Å². The van der Waals surface area contributed by atoms with Gasteiger partial charge in [0.1, 0.15) is 0 Å². The van der Waals surface area contributed by atoms with E-state index in [9.17, 15) is 0 Å². The first-order chi connectivity index (χ1) is 6.93. The Kier molecular flexibility index (Phi) is 2.40. The van der Waals surface area contributed by atoms with E-state index in [1.807, 2.05) is 0 Å². The molecule has 0 saturated carbocycles. The topological polar surface area (TPSA) is 31.5 Å². The molecule has 2 N–H and O–H groups in total. The molecule has 3 rings (SSSR count). The van der Waals surface area contributed by atoms with Crippen LogP contribution in [0.15, 0.2) is 60.7 Å². The largest absolute Gasteiger partial charge is 0.412 e. The number of hydrogen-bond acceptors (Lipinski definition) is 0. The summed E-state index contributed by atoms with van der Waals surface area (Å²) in [6, 6.07) is 21.4. The van der Waals surface area contributed by atoms with Gasteiger partial charge >= 0.3 is 0 Å². The fourth-order valence-electron chi connectivity index (χ4n) is 1.88. The van der Waals surface area contributed by atoms with E-state index in [2.05, 4.69) is 60.7 Å². The van der Waals surface area contributed by atoms with Gasteiger partial charge in [-0.1, -0.05) is 48.5 Å². The molecular formula is C14H12O. The molecule has 0 fully saturated rings. The zero-order valence-corrected chi connectivity index (χ0v) is 8.27. The van der Waals surface area contributed by atoms with E-state index in [-0.39, 0.29) is 5.48 Å². The maximum absolute atomic E-state index is 2.24. The van der Waals surface area contributed by atoms with Crippen molar-refractivity contribution < 1.29 is 5.48 Å². The van der Waals surface area contributed by atoms with E-state index >= 15 is 0 Å². The molecule has 0 heterocycles. The summed E-state index contributed by atoms with van der Waals surface area (Å²) in [6.07, 6.45) is 0. The van der Waals surface area contributed by atoms with Gasteiger partial charge in [0.15, 0.2) is 0 Å². The third-order valence-electron chi connectivity index (χ3n) is 2.61. The van der Waals surface area contributed by atoms with E-state index in [4.69, 9.17) is 0 Å². The van der Waals surface area contributed by atoms with Crippen molar-refractivity contribution in [3.05, 3.63) is 60.7 Å². The van der Waals surface area contributed by atoms with Gasteiger partial charge in [-0.05, 0) is 33.7 Å². The van der Waals surface area contributed by atoms with Crippen molar-refractivity contribution in [2.24, 2.45) is 0 Å². The Morgan fingerprint density at radius 1 is 0.467 bits per heavy atom. The lowest BCUT2D eigenvalue weighted by Crippen LogP contribution is -1.74. The van der Waals surface area contributed by atoms with Crippen LogP contribution < -0.4 is 0 Å². The number of hydrogen-bond donors (Lipinski definition) is 0. The Labute approximate surface area is 88.3 Å². The van der Waals surface area contributed by atoms with Crippen LogP contribution in [0, 0.1) is 0 Å². The molecule has 74 valence electrons. The van der Waals surface area contributed by atoms with Crippen LogP contribution in [0.4, 0.5) is 0 Å². The Morgan fingerprint density at radius 2 is 0.733 bits per heavy atom. The fourth-order valence-corrected chi connectivity index (χ4v) is 1.88. The number of benzene rings is 3. The Balaban J connectivity index is 0.000000853. The summed E-state index contributed by atoms with van der Waals surface area (Å²) >= 11 is 0. The summed E-state index contributed by atoms with van der Waals surface area (Å²) in [4.78, 5) is 0. The SMILES string of the molecule is O.c1ccc2cc3ccccc3cc2c1. The Morgan fingerprint density at radius 3 is 1.00 bits per heavy atom. The quantitative estimate of drug-likeness (QED) is 0.495. The maximum Gasteiger partial charge on any atom is -0.0178 e. The molecule has 15 heavy (non-hydrogen) atoms. The van der Waals surface area contributed by atoms with Crippen LogP contribution in [0.2, 0.25) is 0 Å². The second-order valence-electron chi connectivity index (χ2n) is 3.55. The van der Waals surface area contributed by atoms with Crippen molar-refractivity contribution in [3.8, 4) is 0 Å². The van der Waals surface area contributed by atoms with Crippen LogP contribution in [0.1, 0.15) is 0 Å². The number of rotatable bonds is 0. The molecule has 0 saturated heterocycles. The molecule has 0 aromatic heterocycles. The van der Waals surface area contributed by atoms with Gasteiger partial charge in [-0.2, -0.15) is 0 Å². The summed E-state index contributed by atoms with van der Waals surface area (Å²) < 4.78 is 0. The zero-order valence-electron chi connectivity index (χ0n) is 8.27. The van der Waals surface area contributed by atoms with Gasteiger partial charge in [-0.3, -0.25) is 0 Å². The highest BCUT2D eigenvalue weighted by Crippen LogP contribution is 2.21. The lowest BCUT2D eigenvalue weighted by atomic mass is 10.0. The molecule has 0 spiro atoms. The van der Waals surface area contributed by atoms with E-state index in [1.54, 1.807) is 0 Å². The third kappa shape index (κ3) is 1.58. The van der Waals surface area contributed by atoms with Crippen molar-refractivity contribution >= 4 is 21.5 Å². The first kappa shape index (κ1) is 9.69. The van der Waals surface area contributed by atoms with Crippen LogP contribution in [0.3, 0.4) is 0 Å². The molecule has 0 atom stereocenters. The van der Waals surface area contributed by atoms with E-state index in [0.717, 1.165) is 0 Å². The molecule has 0 unspecified atom stereocenters. The van der Waals surface area contributed by atoms with Gasteiger partial charge < -0.3 is 5.48 Å². The van der Waals surface area contributed by atoms with Crippen molar-refractivity contribution in [1.82, 2.24) is 0 Å². The highest BCUT2D eigenvalue weighted by molar-refractivity contribution is 5.97. The summed E-state index contributed by atoms with van der Waals surface area (Å²) in [7, 11) is 0. The minimum Gasteiger partial charge on any atom is -0.412 e. The average molecular weight is 196 g/mol. The molecule has 0 radical (unpaired) electrons. The molecular weight excluding hydrogens is 184 g/mol. The van der Waals surface area contributed by atoms with Gasteiger partial charge in [0.2, 0.25) is 0 Å². The summed E-state index contributed by atoms with van der Waals surface area (Å²) in [5, 5.41) is 5.25. The van der Waals surface area contributed by atoms with Crippen molar-refractivity contribution in [2.75, 3.05) is 0 Å². The molecule has 3 aromatic rings. The van der Waals surface area contributed by atoms with Crippen LogP contribution >= 0.6 is 0 Å². The molecule has 3 aromatic carbocycles. The van der Waals surface area contributed by atoms with Gasteiger partial charge in [0, 0.05) is 0 Å². The van der Waals surface area contributed by atoms with E-state index in [0.29, 0.717) is 0 Å². The monoisotopic (exact) mass is 196 g/mol. The second kappa shape index (κ2) is 3.71. The zero-order chi connectivity index (χ0) is 9.38. The predicted octanol–water partition coefficient (Wildman–Crippen LogP) is 3.17. The van der Waals surface area contributed by atoms with Crippen molar-refractivity contribution in [1.29, 1.82) is 0 Å². The molecule has 1 nitrogen and oxygen atoms in total. The van der Waals surface area contributed by atoms with E-state index in [1.165, 1.54) is 21.5 Å². The third-order valence-corrected chi connectivity index (χ3v) is 2.61. The van der Waals surface area contributed by atoms with Gasteiger partial charge in [-0.15, -0.1) is 0 Å². The first-order valence-corrected chi connectivity index (χ1v) is 4.81. The average Bonchev–Trinajstić information content (AvgIpc) is 2.26. The molecule has 0 aliphatic rings. The fraction of sp³-hybridized carbons (Fsp3) is 0. The standard InChI is InChI=1S/C14H10.H2O/c1-2-6-12-10-14-8-4-3-7-13(14)9-11(12)5-1;/h1-10H;1H2. The molecule has 0 amide bonds. The first-order valence-electron chi connectivity index (χ1n) is 4.81. The molecule has 0 bridgehead atoms. The van der Waals surface area contributed by atoms with Crippen LogP contribution in [0.25, 0.3) is 21.5 Å². The highest BCUT2D eigenvalue weighted by Gasteiger charge is 1.95. The highest BCUT2D eigenvalue weighted by atomic mass is 16.0. The lowest BCUT2D eigenvalue weighted by molar-refractivity contribution is 0.824. The molecule has 0 aliphatic heterocycles. The summed E-state index contributed by atoms with van der Waals surface area (Å²) in [5.74, 6) is 0. The lowest BCUT2D eigenvalue weighted by Gasteiger charge is -2.00. The summed E-state index contributed by atoms with van der Waals surface area (Å²) in [6.45, 7) is 0. The molecule has 1 heteroatoms. The van der Waals surface area contributed by atoms with Crippen molar-refractivity contribution in [3.63, 3.8) is 0 Å². The van der Waals surface area contributed by atoms with Gasteiger partial charge in [0.25, 0.3) is 0 Å². The Hall–Kier alpha value is -1.86. The minimum atomic E-state index is 0. The van der Waals surface area contributed by atoms with Crippen LogP contribution in [-0.2, 0) is 0 Å². The Bertz CT molecular complexity index is 494. The maximum atomic E-state index is 2.24. The van der Waals surface area contributed by atoms with Crippen LogP contribution in [0.5, 0.6) is 0 Å². The van der Waals surface area contributed by atoms with Gasteiger partial charge in [-0.25, -0.2) is 0 Å². The smallest absolute Gasteiger partial charge is 0.0178 e. The number of fused-ring (bicyclic) bond motifs is 2. The predicted molar refractivity (Wildman–Crippen MR) is 65.1 cm³/mol. The van der Waals surface area contributed by atoms with Crippen molar-refractivity contribution in [2.45, 2.75) is 0 Å². The second-order valence-corrected chi connectivity index (χ2v) is 3.55. The van der Waals surface area contributed by atoms with Crippen LogP contribution in [-0.4, -0.2) is 5.48 Å². The minimum absolute atomic E-state index is 0. The summed E-state index contributed by atoms with van der Waals surface area (Å²) in [5.41, 5.74) is 0. The van der Waals surface area contributed by atoms with Gasteiger partial charge in [0.05, 0.1) is 0 Å².